The lowest BCUT2D eigenvalue weighted by atomic mass is 9.98. The van der Waals surface area contributed by atoms with Crippen LogP contribution in [0.2, 0.25) is 0 Å². The quantitative estimate of drug-likeness (QED) is 0.106. The van der Waals surface area contributed by atoms with Gasteiger partial charge < -0.3 is 23.7 Å². The van der Waals surface area contributed by atoms with E-state index in [1.165, 1.54) is 11.8 Å². The van der Waals surface area contributed by atoms with Crippen LogP contribution in [0.15, 0.2) is 157 Å². The number of esters is 4. The zero-order valence-corrected chi connectivity index (χ0v) is 27.4. The highest BCUT2D eigenvalue weighted by Gasteiger charge is 2.53. The van der Waals surface area contributed by atoms with Crippen molar-refractivity contribution in [3.63, 3.8) is 0 Å². The summed E-state index contributed by atoms with van der Waals surface area (Å²) in [7, 11) is 0. The molecule has 0 bridgehead atoms. The Labute approximate surface area is 293 Å². The summed E-state index contributed by atoms with van der Waals surface area (Å²) >= 11 is 1.22. The first-order chi connectivity index (χ1) is 24.5. The average Bonchev–Trinajstić information content (AvgIpc) is 3.17. The average molecular weight is 689 g/mol. The van der Waals surface area contributed by atoms with Crippen molar-refractivity contribution in [2.45, 2.75) is 34.7 Å². The van der Waals surface area contributed by atoms with Crippen LogP contribution >= 0.6 is 11.8 Å². The predicted molar refractivity (Wildman–Crippen MR) is 185 cm³/mol. The van der Waals surface area contributed by atoms with Crippen molar-refractivity contribution in [1.29, 1.82) is 0 Å². The van der Waals surface area contributed by atoms with E-state index in [-0.39, 0.29) is 23.3 Å². The van der Waals surface area contributed by atoms with E-state index < -0.39 is 53.7 Å². The molecule has 9 nitrogen and oxygen atoms in total. The summed E-state index contributed by atoms with van der Waals surface area (Å²) in [5.74, 6) is -2.84. The Bertz CT molecular complexity index is 1870. The van der Waals surface area contributed by atoms with Gasteiger partial charge in [-0.3, -0.25) is 0 Å². The fourth-order valence-electron chi connectivity index (χ4n) is 5.26. The molecule has 10 heteroatoms. The maximum atomic E-state index is 13.7. The smallest absolute Gasteiger partial charge is 0.338 e. The predicted octanol–water partition coefficient (Wildman–Crippen LogP) is 7.04. The number of hydrogen-bond donors (Lipinski definition) is 0. The Kier molecular flexibility index (Phi) is 11.3. The number of carbonyl (C=O) groups excluding carboxylic acids is 4. The van der Waals surface area contributed by atoms with Crippen LogP contribution in [0.1, 0.15) is 41.4 Å². The second kappa shape index (κ2) is 16.6. The SMILES string of the molecule is O=C(OCC1O[C@@H](Sc2ccccc2)C(OC(=O)c2ccccc2)[C@@H](OC(=O)c2ccccc2)[C@@H]1OC(=O)c1ccccc1)c1ccccc1. The van der Waals surface area contributed by atoms with E-state index in [2.05, 4.69) is 0 Å². The second-order valence-electron chi connectivity index (χ2n) is 11.1. The maximum absolute atomic E-state index is 13.7. The molecule has 0 spiro atoms. The fourth-order valence-corrected chi connectivity index (χ4v) is 6.38. The van der Waals surface area contributed by atoms with Crippen LogP contribution in [0.5, 0.6) is 0 Å². The molecular weight excluding hydrogens is 656 g/mol. The van der Waals surface area contributed by atoms with Gasteiger partial charge in [-0.1, -0.05) is 103 Å². The summed E-state index contributed by atoms with van der Waals surface area (Å²) in [6.45, 7) is -0.384. The number of thioether (sulfide) groups is 1. The van der Waals surface area contributed by atoms with E-state index in [1.807, 2.05) is 30.3 Å². The number of ether oxygens (including phenoxy) is 5. The lowest BCUT2D eigenvalue weighted by Gasteiger charge is -2.44. The van der Waals surface area contributed by atoms with Gasteiger partial charge in [0.2, 0.25) is 0 Å². The monoisotopic (exact) mass is 688 g/mol. The maximum Gasteiger partial charge on any atom is 0.338 e. The molecule has 0 aromatic heterocycles. The highest BCUT2D eigenvalue weighted by atomic mass is 32.2. The zero-order chi connectivity index (χ0) is 34.7. The first-order valence-electron chi connectivity index (χ1n) is 15.8. The second-order valence-corrected chi connectivity index (χ2v) is 12.3. The van der Waals surface area contributed by atoms with E-state index in [9.17, 15) is 19.2 Å². The third-order valence-corrected chi connectivity index (χ3v) is 8.89. The van der Waals surface area contributed by atoms with Crippen molar-refractivity contribution in [3.05, 3.63) is 174 Å². The Morgan fingerprint density at radius 1 is 0.460 bits per heavy atom. The first kappa shape index (κ1) is 34.2. The summed E-state index contributed by atoms with van der Waals surface area (Å²) < 4.78 is 30.5. The van der Waals surface area contributed by atoms with Gasteiger partial charge in [0.25, 0.3) is 0 Å². The molecule has 1 aliphatic heterocycles. The van der Waals surface area contributed by atoms with Crippen LogP contribution in [0.25, 0.3) is 0 Å². The molecule has 0 amide bonds. The van der Waals surface area contributed by atoms with Crippen molar-refractivity contribution in [1.82, 2.24) is 0 Å². The molecular formula is C40H32O9S. The number of carbonyl (C=O) groups is 4. The third kappa shape index (κ3) is 8.65. The molecule has 1 saturated heterocycles. The Balaban J connectivity index is 1.41. The molecule has 0 saturated carbocycles. The molecule has 252 valence electrons. The Morgan fingerprint density at radius 2 is 0.820 bits per heavy atom. The van der Waals surface area contributed by atoms with Gasteiger partial charge in [0.05, 0.1) is 22.3 Å². The van der Waals surface area contributed by atoms with E-state index in [0.717, 1.165) is 4.90 Å². The van der Waals surface area contributed by atoms with Crippen LogP contribution < -0.4 is 0 Å². The molecule has 5 aromatic rings. The molecule has 0 radical (unpaired) electrons. The topological polar surface area (TPSA) is 114 Å². The standard InChI is InChI=1S/C40H32O9S/c41-36(27-16-6-1-7-17-27)45-26-32-33(47-37(42)28-18-8-2-9-19-28)34(48-38(43)29-20-10-3-11-21-29)35(49-39(44)30-22-12-4-13-23-30)40(46-32)50-31-24-14-5-15-25-31/h1-25,32-35,40H,26H2/t32?,33-,34+,35?,40+/m1/s1. The minimum absolute atomic E-state index is 0.222. The van der Waals surface area contributed by atoms with Gasteiger partial charge >= 0.3 is 23.9 Å². The third-order valence-electron chi connectivity index (χ3n) is 7.73. The van der Waals surface area contributed by atoms with Gasteiger partial charge in [0, 0.05) is 4.90 Å². The van der Waals surface area contributed by atoms with Crippen molar-refractivity contribution in [2.24, 2.45) is 0 Å². The molecule has 2 unspecified atom stereocenters. The molecule has 5 aromatic carbocycles. The lowest BCUT2D eigenvalue weighted by molar-refractivity contribution is -0.207. The van der Waals surface area contributed by atoms with Gasteiger partial charge in [-0.25, -0.2) is 19.2 Å². The van der Waals surface area contributed by atoms with Crippen LogP contribution in [0, 0.1) is 0 Å². The van der Waals surface area contributed by atoms with Gasteiger partial charge in [-0.2, -0.15) is 0 Å². The van der Waals surface area contributed by atoms with Crippen molar-refractivity contribution in [2.75, 3.05) is 6.61 Å². The normalized spacial score (nSPS) is 19.8. The number of benzene rings is 5. The van der Waals surface area contributed by atoms with Crippen molar-refractivity contribution >= 4 is 35.6 Å². The number of hydrogen-bond acceptors (Lipinski definition) is 10. The summed E-state index contributed by atoms with van der Waals surface area (Å²) in [6.07, 6.45) is -5.24. The van der Waals surface area contributed by atoms with E-state index in [0.29, 0.717) is 5.56 Å². The molecule has 0 N–H and O–H groups in total. The van der Waals surface area contributed by atoms with E-state index in [4.69, 9.17) is 23.7 Å². The number of rotatable bonds is 11. The fraction of sp³-hybridized carbons (Fsp3) is 0.150. The van der Waals surface area contributed by atoms with E-state index >= 15 is 0 Å². The molecule has 50 heavy (non-hydrogen) atoms. The van der Waals surface area contributed by atoms with Crippen LogP contribution in [-0.4, -0.2) is 60.3 Å². The Hall–Kier alpha value is -5.71. The molecule has 1 fully saturated rings. The summed E-state index contributed by atoms with van der Waals surface area (Å²) in [4.78, 5) is 54.7. The van der Waals surface area contributed by atoms with Gasteiger partial charge in [0.15, 0.2) is 18.3 Å². The molecule has 1 aliphatic rings. The zero-order valence-electron chi connectivity index (χ0n) is 26.6. The minimum atomic E-state index is -1.40. The van der Waals surface area contributed by atoms with Gasteiger partial charge in [-0.05, 0) is 60.7 Å². The largest absolute Gasteiger partial charge is 0.459 e. The minimum Gasteiger partial charge on any atom is -0.459 e. The highest BCUT2D eigenvalue weighted by molar-refractivity contribution is 7.99. The van der Waals surface area contributed by atoms with Crippen LogP contribution in [0.3, 0.4) is 0 Å². The van der Waals surface area contributed by atoms with Crippen LogP contribution in [-0.2, 0) is 23.7 Å². The molecule has 6 rings (SSSR count). The van der Waals surface area contributed by atoms with Gasteiger partial charge in [-0.15, -0.1) is 0 Å². The van der Waals surface area contributed by atoms with Gasteiger partial charge in [0.1, 0.15) is 18.1 Å². The highest BCUT2D eigenvalue weighted by Crippen LogP contribution is 2.38. The summed E-state index contributed by atoms with van der Waals surface area (Å²) in [5, 5.41) is 0. The Morgan fingerprint density at radius 3 is 1.26 bits per heavy atom. The molecule has 1 heterocycles. The molecule has 0 aliphatic carbocycles. The summed E-state index contributed by atoms with van der Waals surface area (Å²) in [6, 6.07) is 42.5. The van der Waals surface area contributed by atoms with Crippen LogP contribution in [0.4, 0.5) is 0 Å². The lowest BCUT2D eigenvalue weighted by Crippen LogP contribution is -2.61. The van der Waals surface area contributed by atoms with Crippen molar-refractivity contribution < 1.29 is 42.9 Å². The summed E-state index contributed by atoms with van der Waals surface area (Å²) in [5.41, 5.74) is -0.0106. The first-order valence-corrected chi connectivity index (χ1v) is 16.7. The van der Waals surface area contributed by atoms with E-state index in [1.54, 1.807) is 121 Å². The molecule has 5 atom stereocenters. The van der Waals surface area contributed by atoms with Crippen molar-refractivity contribution in [3.8, 4) is 0 Å².